The summed E-state index contributed by atoms with van der Waals surface area (Å²) in [6.45, 7) is 2.68. The Morgan fingerprint density at radius 3 is 2.58 bits per heavy atom. The first-order valence-electron chi connectivity index (χ1n) is 6.61. The van der Waals surface area contributed by atoms with Gasteiger partial charge in [0.15, 0.2) is 0 Å². The molecule has 0 aliphatic heterocycles. The van der Waals surface area contributed by atoms with E-state index in [1.807, 2.05) is 19.2 Å². The van der Waals surface area contributed by atoms with Crippen LogP contribution in [-0.4, -0.2) is 32.8 Å². The second-order valence-corrected chi connectivity index (χ2v) is 4.57. The van der Waals surface area contributed by atoms with Crippen molar-refractivity contribution in [2.24, 2.45) is 0 Å². The highest BCUT2D eigenvalue weighted by Gasteiger charge is 2.02. The van der Waals surface area contributed by atoms with Crippen molar-refractivity contribution in [2.75, 3.05) is 20.8 Å². The minimum absolute atomic E-state index is 0.194. The van der Waals surface area contributed by atoms with Crippen molar-refractivity contribution in [1.82, 2.24) is 5.32 Å². The number of hydrogen-bond donors (Lipinski definition) is 1. The Hall–Kier alpha value is -1.55. The van der Waals surface area contributed by atoms with Crippen molar-refractivity contribution in [2.45, 2.75) is 32.2 Å². The molecule has 1 N–H and O–H groups in total. The largest absolute Gasteiger partial charge is 0.494 e. The molecule has 19 heavy (non-hydrogen) atoms. The fourth-order valence-electron chi connectivity index (χ4n) is 1.69. The molecule has 0 aromatic heterocycles. The van der Waals surface area contributed by atoms with Crippen LogP contribution in [0.15, 0.2) is 24.3 Å². The Morgan fingerprint density at radius 2 is 2.00 bits per heavy atom. The van der Waals surface area contributed by atoms with Gasteiger partial charge in [0, 0.05) is 12.5 Å². The normalized spacial score (nSPS) is 11.9. The number of carbonyl (C=O) groups excluding carboxylic acids is 1. The number of esters is 1. The lowest BCUT2D eigenvalue weighted by molar-refractivity contribution is -0.140. The molecule has 0 bridgehead atoms. The van der Waals surface area contributed by atoms with E-state index in [0.717, 1.165) is 12.2 Å². The number of likely N-dealkylation sites (N-methyl/N-ethyl adjacent to an activating group) is 1. The van der Waals surface area contributed by atoms with E-state index in [0.29, 0.717) is 25.5 Å². The third kappa shape index (κ3) is 6.25. The van der Waals surface area contributed by atoms with E-state index in [1.54, 1.807) is 0 Å². The van der Waals surface area contributed by atoms with Crippen LogP contribution in [0.5, 0.6) is 5.75 Å². The van der Waals surface area contributed by atoms with Gasteiger partial charge in [-0.25, -0.2) is 0 Å². The highest BCUT2D eigenvalue weighted by molar-refractivity contribution is 5.69. The summed E-state index contributed by atoms with van der Waals surface area (Å²) in [7, 11) is 3.36. The fourth-order valence-corrected chi connectivity index (χ4v) is 1.69. The summed E-state index contributed by atoms with van der Waals surface area (Å²) >= 11 is 0. The highest BCUT2D eigenvalue weighted by Crippen LogP contribution is 2.14. The van der Waals surface area contributed by atoms with Gasteiger partial charge in [-0.15, -0.1) is 0 Å². The summed E-state index contributed by atoms with van der Waals surface area (Å²) in [6.07, 6.45) is 2.07. The summed E-state index contributed by atoms with van der Waals surface area (Å²) in [6, 6.07) is 8.55. The van der Waals surface area contributed by atoms with Gasteiger partial charge in [-0.1, -0.05) is 12.1 Å². The van der Waals surface area contributed by atoms with Crippen molar-refractivity contribution in [3.63, 3.8) is 0 Å². The number of methoxy groups -OCH3 is 1. The predicted molar refractivity (Wildman–Crippen MR) is 75.4 cm³/mol. The molecule has 1 aromatic carbocycles. The predicted octanol–water partition coefficient (Wildman–Crippen LogP) is 2.17. The molecular weight excluding hydrogens is 242 g/mol. The maximum Gasteiger partial charge on any atom is 0.305 e. The molecule has 4 heteroatoms. The first kappa shape index (κ1) is 15.5. The van der Waals surface area contributed by atoms with E-state index in [2.05, 4.69) is 29.1 Å². The maximum absolute atomic E-state index is 10.9. The number of hydrogen-bond acceptors (Lipinski definition) is 4. The molecule has 0 aliphatic carbocycles. The van der Waals surface area contributed by atoms with Crippen molar-refractivity contribution in [3.8, 4) is 5.75 Å². The van der Waals surface area contributed by atoms with Crippen molar-refractivity contribution >= 4 is 5.97 Å². The van der Waals surface area contributed by atoms with E-state index < -0.39 is 0 Å². The molecule has 0 saturated carbocycles. The standard InChI is InChI=1S/C15H23NO3/c1-12(16-2)11-13-6-8-14(9-7-13)19-10-4-5-15(17)18-3/h6-9,12,16H,4-5,10-11H2,1-3H3. The highest BCUT2D eigenvalue weighted by atomic mass is 16.5. The third-order valence-corrected chi connectivity index (χ3v) is 2.98. The van der Waals surface area contributed by atoms with Gasteiger partial charge in [-0.05, 0) is 44.5 Å². The summed E-state index contributed by atoms with van der Waals surface area (Å²) in [5, 5.41) is 3.21. The second-order valence-electron chi connectivity index (χ2n) is 4.57. The van der Waals surface area contributed by atoms with Crippen molar-refractivity contribution in [3.05, 3.63) is 29.8 Å². The van der Waals surface area contributed by atoms with Gasteiger partial charge >= 0.3 is 5.97 Å². The zero-order chi connectivity index (χ0) is 14.1. The Morgan fingerprint density at radius 1 is 1.32 bits per heavy atom. The molecule has 106 valence electrons. The summed E-state index contributed by atoms with van der Waals surface area (Å²) in [4.78, 5) is 10.9. The van der Waals surface area contributed by atoms with Gasteiger partial charge in [0.2, 0.25) is 0 Å². The van der Waals surface area contributed by atoms with E-state index in [1.165, 1.54) is 12.7 Å². The molecule has 0 amide bonds. The number of benzene rings is 1. The number of nitrogens with one attached hydrogen (secondary N) is 1. The quantitative estimate of drug-likeness (QED) is 0.578. The summed E-state index contributed by atoms with van der Waals surface area (Å²) < 4.78 is 10.1. The third-order valence-electron chi connectivity index (χ3n) is 2.98. The Balaban J connectivity index is 2.30. The lowest BCUT2D eigenvalue weighted by Crippen LogP contribution is -2.23. The van der Waals surface area contributed by atoms with Crippen LogP contribution >= 0.6 is 0 Å². The molecule has 0 radical (unpaired) electrons. The zero-order valence-corrected chi connectivity index (χ0v) is 11.9. The lowest BCUT2D eigenvalue weighted by atomic mass is 10.1. The smallest absolute Gasteiger partial charge is 0.305 e. The zero-order valence-electron chi connectivity index (χ0n) is 11.9. The molecule has 0 heterocycles. The van der Waals surface area contributed by atoms with Crippen LogP contribution in [0, 0.1) is 0 Å². The topological polar surface area (TPSA) is 47.6 Å². The van der Waals surface area contributed by atoms with E-state index in [4.69, 9.17) is 4.74 Å². The average molecular weight is 265 g/mol. The van der Waals surface area contributed by atoms with E-state index in [9.17, 15) is 4.79 Å². The summed E-state index contributed by atoms with van der Waals surface area (Å²) in [5.41, 5.74) is 1.28. The van der Waals surface area contributed by atoms with Gasteiger partial charge in [0.25, 0.3) is 0 Å². The molecule has 1 atom stereocenters. The van der Waals surface area contributed by atoms with Crippen LogP contribution in [-0.2, 0) is 16.0 Å². The number of rotatable bonds is 8. The SMILES string of the molecule is CNC(C)Cc1ccc(OCCCC(=O)OC)cc1. The molecule has 4 nitrogen and oxygen atoms in total. The van der Waals surface area contributed by atoms with Gasteiger partial charge < -0.3 is 14.8 Å². The Kier molecular flexibility index (Phi) is 6.97. The van der Waals surface area contributed by atoms with Crippen LogP contribution in [0.25, 0.3) is 0 Å². The van der Waals surface area contributed by atoms with Crippen LogP contribution in [0.4, 0.5) is 0 Å². The van der Waals surface area contributed by atoms with Gasteiger partial charge in [0.05, 0.1) is 13.7 Å². The van der Waals surface area contributed by atoms with E-state index >= 15 is 0 Å². The summed E-state index contributed by atoms with van der Waals surface area (Å²) in [5.74, 6) is 0.644. The number of ether oxygens (including phenoxy) is 2. The molecule has 1 rings (SSSR count). The average Bonchev–Trinajstić information content (AvgIpc) is 2.44. The van der Waals surface area contributed by atoms with Crippen LogP contribution in [0.2, 0.25) is 0 Å². The first-order valence-corrected chi connectivity index (χ1v) is 6.61. The van der Waals surface area contributed by atoms with Gasteiger partial charge in [-0.3, -0.25) is 4.79 Å². The van der Waals surface area contributed by atoms with E-state index in [-0.39, 0.29) is 5.97 Å². The van der Waals surface area contributed by atoms with Gasteiger partial charge in [-0.2, -0.15) is 0 Å². The molecule has 1 unspecified atom stereocenters. The molecular formula is C15H23NO3. The monoisotopic (exact) mass is 265 g/mol. The second kappa shape index (κ2) is 8.53. The minimum atomic E-state index is -0.194. The Bertz CT molecular complexity index is 375. The maximum atomic E-state index is 10.9. The Labute approximate surface area is 115 Å². The number of carbonyl (C=O) groups is 1. The molecule has 0 spiro atoms. The lowest BCUT2D eigenvalue weighted by Gasteiger charge is -2.11. The molecule has 0 saturated heterocycles. The molecule has 0 fully saturated rings. The van der Waals surface area contributed by atoms with Crippen molar-refractivity contribution in [1.29, 1.82) is 0 Å². The van der Waals surface area contributed by atoms with Gasteiger partial charge in [0.1, 0.15) is 5.75 Å². The van der Waals surface area contributed by atoms with Crippen LogP contribution in [0.3, 0.4) is 0 Å². The first-order chi connectivity index (χ1) is 9.15. The van der Waals surface area contributed by atoms with Crippen LogP contribution < -0.4 is 10.1 Å². The minimum Gasteiger partial charge on any atom is -0.494 e. The fraction of sp³-hybridized carbons (Fsp3) is 0.533. The van der Waals surface area contributed by atoms with Crippen molar-refractivity contribution < 1.29 is 14.3 Å². The van der Waals surface area contributed by atoms with Crippen LogP contribution in [0.1, 0.15) is 25.3 Å². The molecule has 1 aromatic rings. The molecule has 0 aliphatic rings.